The summed E-state index contributed by atoms with van der Waals surface area (Å²) in [4.78, 5) is 33.9. The number of benzene rings is 1. The quantitative estimate of drug-likeness (QED) is 0.264. The van der Waals surface area contributed by atoms with Gasteiger partial charge in [-0.2, -0.15) is 15.1 Å². The lowest BCUT2D eigenvalue weighted by Crippen LogP contribution is -2.35. The number of rotatable bonds is 6. The van der Waals surface area contributed by atoms with Crippen molar-refractivity contribution >= 4 is 68.7 Å². The number of carbonyl (C=O) groups is 2. The zero-order chi connectivity index (χ0) is 25.2. The molecular weight excluding hydrogens is 522 g/mol. The number of pyridine rings is 1. The number of thioether (sulfide) groups is 1. The molecule has 1 N–H and O–H groups in total. The summed E-state index contributed by atoms with van der Waals surface area (Å²) in [6, 6.07) is 10.1. The molecule has 0 atom stereocenters. The Bertz CT molecular complexity index is 1470. The summed E-state index contributed by atoms with van der Waals surface area (Å²) in [5.41, 5.74) is 1.25. The van der Waals surface area contributed by atoms with E-state index in [2.05, 4.69) is 15.1 Å². The number of halogens is 1. The monoisotopic (exact) mass is 537 g/mol. The maximum Gasteiger partial charge on any atom is 0.353 e. The largest absolute Gasteiger partial charge is 0.490 e. The lowest BCUT2D eigenvalue weighted by Gasteiger charge is -2.20. The van der Waals surface area contributed by atoms with Gasteiger partial charge in [0.15, 0.2) is 17.3 Å². The Morgan fingerprint density at radius 2 is 2.14 bits per heavy atom. The summed E-state index contributed by atoms with van der Waals surface area (Å²) >= 11 is 8.89. The van der Waals surface area contributed by atoms with Gasteiger partial charge in [-0.25, -0.2) is 4.79 Å². The van der Waals surface area contributed by atoms with E-state index in [1.165, 1.54) is 40.2 Å². The number of hydrogen-bond acceptors (Lipinski definition) is 9. The summed E-state index contributed by atoms with van der Waals surface area (Å²) < 4.78 is 11.2. The molecule has 12 heteroatoms. The van der Waals surface area contributed by atoms with Gasteiger partial charge in [-0.1, -0.05) is 17.7 Å². The molecule has 0 unspecified atom stereocenters. The Labute approximate surface area is 218 Å². The Kier molecular flexibility index (Phi) is 6.68. The molecule has 1 amide bonds. The fourth-order valence-electron chi connectivity index (χ4n) is 3.34. The van der Waals surface area contributed by atoms with E-state index in [4.69, 9.17) is 26.5 Å². The molecule has 36 heavy (non-hydrogen) atoms. The van der Waals surface area contributed by atoms with Gasteiger partial charge in [0.05, 0.1) is 17.2 Å². The van der Waals surface area contributed by atoms with E-state index < -0.39 is 11.9 Å². The fraction of sp³-hybridized carbons (Fsp3) is 0.0833. The average molecular weight is 538 g/mol. The molecule has 9 nitrogen and oxygen atoms in total. The highest BCUT2D eigenvalue weighted by molar-refractivity contribution is 8.27. The minimum absolute atomic E-state index is 0.0254. The third-order valence-electron chi connectivity index (χ3n) is 4.92. The van der Waals surface area contributed by atoms with Gasteiger partial charge in [-0.05, 0) is 66.0 Å². The number of hydrogen-bond donors (Lipinski definition) is 1. The highest BCUT2D eigenvalue weighted by Crippen LogP contribution is 2.39. The fourth-order valence-corrected chi connectivity index (χ4v) is 5.07. The van der Waals surface area contributed by atoms with Gasteiger partial charge in [0.25, 0.3) is 5.91 Å². The number of nitrogens with zero attached hydrogens (tertiary/aromatic N) is 4. The number of fused-ring (bicyclic) bond motifs is 1. The summed E-state index contributed by atoms with van der Waals surface area (Å²) in [7, 11) is 0. The zero-order valence-electron chi connectivity index (χ0n) is 18.6. The first-order valence-electron chi connectivity index (χ1n) is 10.6. The van der Waals surface area contributed by atoms with Crippen LogP contribution in [0.5, 0.6) is 11.5 Å². The van der Waals surface area contributed by atoms with Crippen LogP contribution in [-0.4, -0.2) is 44.5 Å². The van der Waals surface area contributed by atoms with Gasteiger partial charge in [0.2, 0.25) is 5.17 Å². The van der Waals surface area contributed by atoms with Gasteiger partial charge in [0.1, 0.15) is 9.92 Å². The van der Waals surface area contributed by atoms with Crippen LogP contribution in [0, 0.1) is 5.41 Å². The van der Waals surface area contributed by atoms with Crippen LogP contribution in [0.2, 0.25) is 5.02 Å². The molecule has 2 aromatic heterocycles. The molecule has 2 aliphatic rings. The summed E-state index contributed by atoms with van der Waals surface area (Å²) in [5, 5.41) is 17.1. The SMILES string of the molecule is CCOc1cc(/C=C2\C(=N)N3N=C(c4cccnc4)SC3=NC2=O)cc(Cl)c1OC(=O)c1cccs1. The number of nitrogens with one attached hydrogen (secondary N) is 1. The zero-order valence-corrected chi connectivity index (χ0v) is 21.0. The predicted molar refractivity (Wildman–Crippen MR) is 140 cm³/mol. The van der Waals surface area contributed by atoms with E-state index in [9.17, 15) is 9.59 Å². The number of aliphatic imine (C=N–C) groups is 1. The Balaban J connectivity index is 1.46. The average Bonchev–Trinajstić information content (AvgIpc) is 3.55. The molecule has 0 saturated carbocycles. The second-order valence-electron chi connectivity index (χ2n) is 7.30. The van der Waals surface area contributed by atoms with Crippen molar-refractivity contribution in [3.63, 3.8) is 0 Å². The van der Waals surface area contributed by atoms with Crippen molar-refractivity contribution in [2.75, 3.05) is 6.61 Å². The van der Waals surface area contributed by atoms with E-state index in [0.29, 0.717) is 27.3 Å². The van der Waals surface area contributed by atoms with Crippen LogP contribution in [0.1, 0.15) is 27.7 Å². The normalized spacial score (nSPS) is 16.1. The molecule has 3 aromatic rings. The molecule has 1 aromatic carbocycles. The van der Waals surface area contributed by atoms with Gasteiger partial charge < -0.3 is 9.47 Å². The molecule has 4 heterocycles. The maximum atomic E-state index is 12.8. The van der Waals surface area contributed by atoms with E-state index >= 15 is 0 Å². The highest BCUT2D eigenvalue weighted by Gasteiger charge is 2.36. The molecule has 0 aliphatic carbocycles. The molecule has 180 valence electrons. The topological polar surface area (TPSA) is 117 Å². The molecular formula is C24H16ClN5O4S2. The van der Waals surface area contributed by atoms with Gasteiger partial charge in [0, 0.05) is 18.0 Å². The van der Waals surface area contributed by atoms with Crippen LogP contribution in [0.15, 0.2) is 69.8 Å². The van der Waals surface area contributed by atoms with Crippen molar-refractivity contribution in [3.8, 4) is 11.5 Å². The Morgan fingerprint density at radius 3 is 2.86 bits per heavy atom. The molecule has 0 spiro atoms. The molecule has 0 saturated heterocycles. The Morgan fingerprint density at radius 1 is 1.28 bits per heavy atom. The number of esters is 1. The summed E-state index contributed by atoms with van der Waals surface area (Å²) in [5.74, 6) is -0.957. The smallest absolute Gasteiger partial charge is 0.353 e. The van der Waals surface area contributed by atoms with Crippen LogP contribution in [-0.2, 0) is 4.79 Å². The number of carbonyl (C=O) groups excluding carboxylic acids is 2. The van der Waals surface area contributed by atoms with Gasteiger partial charge in [-0.3, -0.25) is 15.2 Å². The first kappa shape index (κ1) is 23.9. The summed E-state index contributed by atoms with van der Waals surface area (Å²) in [6.07, 6.45) is 4.78. The second kappa shape index (κ2) is 10.1. The second-order valence-corrected chi connectivity index (χ2v) is 9.61. The minimum atomic E-state index is -0.580. The van der Waals surface area contributed by atoms with Crippen LogP contribution >= 0.6 is 34.7 Å². The number of amidine groups is 2. The summed E-state index contributed by atoms with van der Waals surface area (Å²) in [6.45, 7) is 2.07. The van der Waals surface area contributed by atoms with E-state index in [0.717, 1.165) is 5.56 Å². The van der Waals surface area contributed by atoms with Crippen LogP contribution in [0.25, 0.3) is 6.08 Å². The number of aromatic nitrogens is 1. The van der Waals surface area contributed by atoms with Gasteiger partial charge >= 0.3 is 5.97 Å². The third-order valence-corrected chi connectivity index (χ3v) is 7.01. The highest BCUT2D eigenvalue weighted by atomic mass is 35.5. The van der Waals surface area contributed by atoms with Crippen molar-refractivity contribution in [2.45, 2.75) is 6.92 Å². The standard InChI is InChI=1S/C24H16ClN5O4S2/c1-2-33-17-11-13(10-16(25)19(17)34-23(32)18-6-4-8-35-18)9-15-20(26)30-24(28-21(15)31)36-22(29-30)14-5-3-7-27-12-14/h3-12,26H,2H2,1H3/b15-9+,26-20?. The number of amides is 1. The van der Waals surface area contributed by atoms with Crippen molar-refractivity contribution < 1.29 is 19.1 Å². The minimum Gasteiger partial charge on any atom is -0.490 e. The lowest BCUT2D eigenvalue weighted by molar-refractivity contribution is -0.114. The van der Waals surface area contributed by atoms with Crippen LogP contribution < -0.4 is 9.47 Å². The molecule has 2 aliphatic heterocycles. The predicted octanol–water partition coefficient (Wildman–Crippen LogP) is 5.08. The van der Waals surface area contributed by atoms with Crippen molar-refractivity contribution in [2.24, 2.45) is 10.1 Å². The van der Waals surface area contributed by atoms with E-state index in [-0.39, 0.29) is 27.9 Å². The molecule has 5 rings (SSSR count). The van der Waals surface area contributed by atoms with Crippen LogP contribution in [0.4, 0.5) is 0 Å². The van der Waals surface area contributed by atoms with Crippen molar-refractivity contribution in [3.05, 3.63) is 80.8 Å². The first-order chi connectivity index (χ1) is 17.4. The lowest BCUT2D eigenvalue weighted by atomic mass is 10.1. The first-order valence-corrected chi connectivity index (χ1v) is 12.6. The van der Waals surface area contributed by atoms with Crippen molar-refractivity contribution in [1.29, 1.82) is 5.41 Å². The molecule has 0 radical (unpaired) electrons. The third kappa shape index (κ3) is 4.68. The molecule has 0 fully saturated rings. The molecule has 0 bridgehead atoms. The van der Waals surface area contributed by atoms with E-state index in [1.54, 1.807) is 49.0 Å². The number of thiophene rings is 1. The Hall–Kier alpha value is -3.80. The van der Waals surface area contributed by atoms with Crippen LogP contribution in [0.3, 0.4) is 0 Å². The number of ether oxygens (including phenoxy) is 2. The van der Waals surface area contributed by atoms with Crippen molar-refractivity contribution in [1.82, 2.24) is 9.99 Å². The number of hydrazone groups is 1. The van der Waals surface area contributed by atoms with E-state index in [1.807, 2.05) is 6.07 Å². The maximum absolute atomic E-state index is 12.8. The van der Waals surface area contributed by atoms with Gasteiger partial charge in [-0.15, -0.1) is 11.3 Å².